The molecule has 0 bridgehead atoms. The van der Waals surface area contributed by atoms with Gasteiger partial charge in [0.25, 0.3) is 0 Å². The first-order valence-corrected chi connectivity index (χ1v) is 3.89. The number of aliphatic hydroxyl groups is 1. The summed E-state index contributed by atoms with van der Waals surface area (Å²) in [6.07, 6.45) is 0.763. The van der Waals surface area contributed by atoms with Crippen molar-refractivity contribution in [3.63, 3.8) is 0 Å². The second-order valence-corrected chi connectivity index (χ2v) is 2.68. The van der Waals surface area contributed by atoms with E-state index in [1.54, 1.807) is 0 Å². The van der Waals surface area contributed by atoms with Gasteiger partial charge in [0.2, 0.25) is 5.16 Å². The van der Waals surface area contributed by atoms with Crippen molar-refractivity contribution >= 4 is 11.8 Å². The van der Waals surface area contributed by atoms with Gasteiger partial charge in [-0.1, -0.05) is 11.8 Å². The lowest BCUT2D eigenvalue weighted by Crippen LogP contribution is -1.86. The zero-order valence-corrected chi connectivity index (χ0v) is 6.13. The molecule has 0 spiro atoms. The van der Waals surface area contributed by atoms with E-state index in [4.69, 9.17) is 5.11 Å². The second-order valence-electron chi connectivity index (χ2n) is 1.62. The average Bonchev–Trinajstić information content (AvgIpc) is 2.41. The van der Waals surface area contributed by atoms with Crippen LogP contribution in [-0.4, -0.2) is 38.1 Å². The molecule has 2 N–H and O–H groups in total. The van der Waals surface area contributed by atoms with Crippen molar-refractivity contribution in [1.29, 1.82) is 0 Å². The highest BCUT2D eigenvalue weighted by Crippen LogP contribution is 2.09. The molecule has 1 aromatic rings. The molecule has 0 aromatic carbocycles. The number of aromatic nitrogens is 4. The van der Waals surface area contributed by atoms with Crippen LogP contribution in [0.5, 0.6) is 0 Å². The van der Waals surface area contributed by atoms with E-state index < -0.39 is 0 Å². The molecule has 0 radical (unpaired) electrons. The van der Waals surface area contributed by atoms with Crippen LogP contribution in [-0.2, 0) is 0 Å². The maximum absolute atomic E-state index is 8.42. The lowest BCUT2D eigenvalue weighted by atomic mass is 10.5. The van der Waals surface area contributed by atoms with Crippen LogP contribution >= 0.6 is 11.8 Å². The maximum Gasteiger partial charge on any atom is 0.230 e. The highest BCUT2D eigenvalue weighted by molar-refractivity contribution is 7.99. The summed E-state index contributed by atoms with van der Waals surface area (Å²) >= 11 is 1.48. The third-order valence-corrected chi connectivity index (χ3v) is 1.78. The van der Waals surface area contributed by atoms with Crippen molar-refractivity contribution in [3.05, 3.63) is 0 Å². The normalized spacial score (nSPS) is 10.1. The summed E-state index contributed by atoms with van der Waals surface area (Å²) in [4.78, 5) is 0. The Morgan fingerprint density at radius 3 is 3.10 bits per heavy atom. The SMILES string of the molecule is OCCCSc1nn[nH]n1. The van der Waals surface area contributed by atoms with Crippen molar-refractivity contribution in [2.75, 3.05) is 12.4 Å². The Morgan fingerprint density at radius 2 is 2.50 bits per heavy atom. The van der Waals surface area contributed by atoms with Gasteiger partial charge >= 0.3 is 0 Å². The Hall–Kier alpha value is -0.620. The second kappa shape index (κ2) is 4.24. The fourth-order valence-corrected chi connectivity index (χ4v) is 1.10. The molecule has 0 unspecified atom stereocenters. The number of tetrazole rings is 1. The molecule has 1 heterocycles. The number of thioether (sulfide) groups is 1. The molecule has 10 heavy (non-hydrogen) atoms. The van der Waals surface area contributed by atoms with E-state index in [1.807, 2.05) is 0 Å². The predicted octanol–water partition coefficient (Wildman–Crippen LogP) is -0.326. The highest BCUT2D eigenvalue weighted by Gasteiger charge is 1.96. The van der Waals surface area contributed by atoms with E-state index in [2.05, 4.69) is 20.6 Å². The topological polar surface area (TPSA) is 74.7 Å². The third kappa shape index (κ3) is 2.32. The molecule has 56 valence electrons. The minimum atomic E-state index is 0.213. The predicted molar refractivity (Wildman–Crippen MR) is 36.6 cm³/mol. The van der Waals surface area contributed by atoms with Gasteiger partial charge in [-0.15, -0.1) is 10.2 Å². The Balaban J connectivity index is 2.15. The zero-order valence-electron chi connectivity index (χ0n) is 5.32. The monoisotopic (exact) mass is 160 g/mol. The van der Waals surface area contributed by atoms with Gasteiger partial charge in [0.15, 0.2) is 0 Å². The lowest BCUT2D eigenvalue weighted by molar-refractivity contribution is 0.296. The van der Waals surface area contributed by atoms with Crippen LogP contribution in [0.1, 0.15) is 6.42 Å². The van der Waals surface area contributed by atoms with Gasteiger partial charge in [-0.3, -0.25) is 0 Å². The highest BCUT2D eigenvalue weighted by atomic mass is 32.2. The molecule has 0 aliphatic rings. The largest absolute Gasteiger partial charge is 0.396 e. The third-order valence-electron chi connectivity index (χ3n) is 0.860. The van der Waals surface area contributed by atoms with Crippen molar-refractivity contribution in [2.24, 2.45) is 0 Å². The molecular formula is C4H8N4OS. The smallest absolute Gasteiger partial charge is 0.230 e. The molecule has 0 amide bonds. The van der Waals surface area contributed by atoms with Gasteiger partial charge in [0, 0.05) is 12.4 Å². The summed E-state index contributed by atoms with van der Waals surface area (Å²) in [6, 6.07) is 0. The number of hydrogen-bond acceptors (Lipinski definition) is 5. The number of hydrogen-bond donors (Lipinski definition) is 2. The molecule has 0 atom stereocenters. The molecular weight excluding hydrogens is 152 g/mol. The lowest BCUT2D eigenvalue weighted by Gasteiger charge is -1.90. The zero-order chi connectivity index (χ0) is 7.23. The fourth-order valence-electron chi connectivity index (χ4n) is 0.442. The molecule has 0 saturated carbocycles. The van der Waals surface area contributed by atoms with Gasteiger partial charge in [0.05, 0.1) is 0 Å². The average molecular weight is 160 g/mol. The number of H-pyrrole nitrogens is 1. The number of rotatable bonds is 4. The van der Waals surface area contributed by atoms with E-state index in [1.165, 1.54) is 11.8 Å². The van der Waals surface area contributed by atoms with Gasteiger partial charge in [-0.2, -0.15) is 5.21 Å². The standard InChI is InChI=1S/C4H8N4OS/c9-2-1-3-10-4-5-7-8-6-4/h9H,1-3H2,(H,5,6,7,8). The number of aliphatic hydroxyl groups excluding tert-OH is 1. The molecule has 0 saturated heterocycles. The minimum absolute atomic E-state index is 0.213. The first-order valence-electron chi connectivity index (χ1n) is 2.90. The summed E-state index contributed by atoms with van der Waals surface area (Å²) in [5.41, 5.74) is 0. The van der Waals surface area contributed by atoms with Gasteiger partial charge in [-0.05, 0) is 11.6 Å². The van der Waals surface area contributed by atoms with E-state index in [0.29, 0.717) is 5.16 Å². The van der Waals surface area contributed by atoms with Crippen LogP contribution in [0.3, 0.4) is 0 Å². The summed E-state index contributed by atoms with van der Waals surface area (Å²) in [6.45, 7) is 0.213. The Morgan fingerprint density at radius 1 is 1.60 bits per heavy atom. The van der Waals surface area contributed by atoms with Crippen LogP contribution in [0, 0.1) is 0 Å². The van der Waals surface area contributed by atoms with Crippen molar-refractivity contribution in [1.82, 2.24) is 20.6 Å². The van der Waals surface area contributed by atoms with Gasteiger partial charge in [-0.25, -0.2) is 0 Å². The van der Waals surface area contributed by atoms with Crippen molar-refractivity contribution < 1.29 is 5.11 Å². The fraction of sp³-hybridized carbons (Fsp3) is 0.750. The Labute approximate surface area is 62.2 Å². The molecule has 0 fully saturated rings. The molecule has 6 heteroatoms. The number of nitrogens with one attached hydrogen (secondary N) is 1. The first kappa shape index (κ1) is 7.49. The summed E-state index contributed by atoms with van der Waals surface area (Å²) in [5, 5.41) is 22.2. The quantitative estimate of drug-likeness (QED) is 0.466. The molecule has 1 aromatic heterocycles. The van der Waals surface area contributed by atoms with Crippen LogP contribution in [0.15, 0.2) is 5.16 Å². The van der Waals surface area contributed by atoms with E-state index in [9.17, 15) is 0 Å². The molecule has 0 aliphatic heterocycles. The summed E-state index contributed by atoms with van der Waals surface area (Å²) in [7, 11) is 0. The minimum Gasteiger partial charge on any atom is -0.396 e. The first-order chi connectivity index (χ1) is 4.93. The molecule has 0 aliphatic carbocycles. The Bertz CT molecular complexity index is 166. The van der Waals surface area contributed by atoms with Crippen LogP contribution in [0.4, 0.5) is 0 Å². The van der Waals surface area contributed by atoms with Crippen LogP contribution < -0.4 is 0 Å². The summed E-state index contributed by atoms with van der Waals surface area (Å²) in [5.74, 6) is 0.829. The summed E-state index contributed by atoms with van der Waals surface area (Å²) < 4.78 is 0. The van der Waals surface area contributed by atoms with Crippen molar-refractivity contribution in [3.8, 4) is 0 Å². The number of nitrogens with zero attached hydrogens (tertiary/aromatic N) is 3. The van der Waals surface area contributed by atoms with E-state index in [0.717, 1.165) is 12.2 Å². The number of aromatic amines is 1. The van der Waals surface area contributed by atoms with E-state index >= 15 is 0 Å². The molecule has 5 nitrogen and oxygen atoms in total. The van der Waals surface area contributed by atoms with Crippen LogP contribution in [0.2, 0.25) is 0 Å². The van der Waals surface area contributed by atoms with Crippen molar-refractivity contribution in [2.45, 2.75) is 11.6 Å². The Kier molecular flexibility index (Phi) is 3.17. The van der Waals surface area contributed by atoms with Gasteiger partial charge < -0.3 is 5.11 Å². The van der Waals surface area contributed by atoms with Gasteiger partial charge in [0.1, 0.15) is 0 Å². The van der Waals surface area contributed by atoms with Crippen LogP contribution in [0.25, 0.3) is 0 Å². The molecule has 1 rings (SSSR count). The maximum atomic E-state index is 8.42. The van der Waals surface area contributed by atoms with E-state index in [-0.39, 0.29) is 6.61 Å².